The number of fused-ring (bicyclic) bond motifs is 3. The molecule has 3 aromatic rings. The van der Waals surface area contributed by atoms with Crippen molar-refractivity contribution < 1.29 is 9.84 Å². The van der Waals surface area contributed by atoms with Crippen LogP contribution in [0.5, 0.6) is 12.0 Å². The van der Waals surface area contributed by atoms with E-state index in [1.165, 1.54) is 5.56 Å². The number of rotatable bonds is 0. The lowest BCUT2D eigenvalue weighted by atomic mass is 10.0. The molecule has 0 spiro atoms. The molecular formula is C18H19N5O2. The van der Waals surface area contributed by atoms with Crippen molar-refractivity contribution in [2.24, 2.45) is 0 Å². The maximum Gasteiger partial charge on any atom is 0.320 e. The fraction of sp³-hybridized carbons (Fsp3) is 0.278. The molecule has 2 aromatic heterocycles. The second kappa shape index (κ2) is 6.43. The zero-order valence-corrected chi connectivity index (χ0v) is 13.7. The summed E-state index contributed by atoms with van der Waals surface area (Å²) in [5.41, 5.74) is 9.14. The van der Waals surface area contributed by atoms with Crippen LogP contribution in [0.1, 0.15) is 24.0 Å². The van der Waals surface area contributed by atoms with E-state index in [1.54, 1.807) is 4.57 Å². The number of nitrogen functional groups attached to an aromatic ring is 1. The first-order valence-corrected chi connectivity index (χ1v) is 8.29. The Morgan fingerprint density at radius 2 is 2.00 bits per heavy atom. The molecule has 0 fully saturated rings. The summed E-state index contributed by atoms with van der Waals surface area (Å²) in [7, 11) is 0. The fourth-order valence-electron chi connectivity index (χ4n) is 3.00. The highest BCUT2D eigenvalue weighted by Crippen LogP contribution is 2.26. The Balaban J connectivity index is 1.83. The summed E-state index contributed by atoms with van der Waals surface area (Å²) in [5.74, 6) is 0.191. The molecule has 0 saturated carbocycles. The SMILES string of the molecule is Nc1nc2nc3c1nc(O)n3Cc1cccc(c1)CCC/C=C/CO2. The van der Waals surface area contributed by atoms with Crippen molar-refractivity contribution in [2.75, 3.05) is 12.3 Å². The zero-order valence-electron chi connectivity index (χ0n) is 13.7. The maximum absolute atomic E-state index is 10.2. The van der Waals surface area contributed by atoms with Gasteiger partial charge in [-0.25, -0.2) is 0 Å². The van der Waals surface area contributed by atoms with Gasteiger partial charge in [0.15, 0.2) is 17.0 Å². The number of hydrogen-bond acceptors (Lipinski definition) is 6. The highest BCUT2D eigenvalue weighted by atomic mass is 16.5. The van der Waals surface area contributed by atoms with Crippen LogP contribution in [0.15, 0.2) is 36.4 Å². The molecule has 25 heavy (non-hydrogen) atoms. The number of allylic oxidation sites excluding steroid dienone is 1. The molecular weight excluding hydrogens is 318 g/mol. The van der Waals surface area contributed by atoms with Gasteiger partial charge in [-0.1, -0.05) is 36.4 Å². The molecule has 0 unspecified atom stereocenters. The van der Waals surface area contributed by atoms with Crippen LogP contribution < -0.4 is 10.5 Å². The van der Waals surface area contributed by atoms with E-state index < -0.39 is 0 Å². The lowest BCUT2D eigenvalue weighted by molar-refractivity contribution is 0.334. The van der Waals surface area contributed by atoms with E-state index in [0.29, 0.717) is 24.3 Å². The van der Waals surface area contributed by atoms with Crippen LogP contribution in [-0.2, 0) is 13.0 Å². The quantitative estimate of drug-likeness (QED) is 0.611. The van der Waals surface area contributed by atoms with E-state index in [-0.39, 0.29) is 17.8 Å². The van der Waals surface area contributed by atoms with E-state index in [4.69, 9.17) is 10.5 Å². The van der Waals surface area contributed by atoms with Crippen LogP contribution in [0.4, 0.5) is 5.82 Å². The van der Waals surface area contributed by atoms with Crippen LogP contribution in [0.2, 0.25) is 0 Å². The molecule has 0 radical (unpaired) electrons. The van der Waals surface area contributed by atoms with E-state index in [2.05, 4.69) is 33.2 Å². The minimum Gasteiger partial charge on any atom is -0.480 e. The highest BCUT2D eigenvalue weighted by molar-refractivity contribution is 5.83. The Morgan fingerprint density at radius 3 is 2.92 bits per heavy atom. The number of aryl methyl sites for hydroxylation is 1. The fourth-order valence-corrected chi connectivity index (χ4v) is 3.00. The zero-order chi connectivity index (χ0) is 17.2. The average molecular weight is 337 g/mol. The van der Waals surface area contributed by atoms with Crippen molar-refractivity contribution in [3.05, 3.63) is 47.5 Å². The van der Waals surface area contributed by atoms with Crippen molar-refractivity contribution in [3.8, 4) is 12.0 Å². The summed E-state index contributed by atoms with van der Waals surface area (Å²) in [6.45, 7) is 0.823. The molecule has 4 bridgehead atoms. The molecule has 1 aliphatic heterocycles. The smallest absolute Gasteiger partial charge is 0.320 e. The molecule has 3 heterocycles. The van der Waals surface area contributed by atoms with Crippen molar-refractivity contribution >= 4 is 17.0 Å². The summed E-state index contributed by atoms with van der Waals surface area (Å²) >= 11 is 0. The summed E-state index contributed by atoms with van der Waals surface area (Å²) in [6, 6.07) is 8.37. The first kappa shape index (κ1) is 15.4. The normalized spacial score (nSPS) is 16.2. The van der Waals surface area contributed by atoms with Crippen LogP contribution in [0.25, 0.3) is 11.2 Å². The standard InChI is InChI=1S/C18H19N5O2/c19-15-14-16-22-17(21-15)25-9-4-2-1-3-6-12-7-5-8-13(10-12)11-23(16)18(24)20-14/h2,4-5,7-8,10H,1,3,6,9,11H2,(H,20,24)(H2,19,21,22)/b4-2+. The summed E-state index contributed by atoms with van der Waals surface area (Å²) < 4.78 is 7.19. The molecule has 0 saturated heterocycles. The Kier molecular flexibility index (Phi) is 3.97. The molecule has 3 N–H and O–H groups in total. The second-order valence-electron chi connectivity index (χ2n) is 6.06. The number of ether oxygens (including phenoxy) is 1. The van der Waals surface area contributed by atoms with Crippen molar-refractivity contribution in [2.45, 2.75) is 25.8 Å². The Morgan fingerprint density at radius 1 is 1.12 bits per heavy atom. The van der Waals surface area contributed by atoms with Gasteiger partial charge in [0.1, 0.15) is 6.61 Å². The van der Waals surface area contributed by atoms with Crippen molar-refractivity contribution in [1.82, 2.24) is 19.5 Å². The molecule has 128 valence electrons. The van der Waals surface area contributed by atoms with Crippen LogP contribution >= 0.6 is 0 Å². The van der Waals surface area contributed by atoms with Gasteiger partial charge < -0.3 is 15.6 Å². The Labute approximate surface area is 144 Å². The maximum atomic E-state index is 10.2. The van der Waals surface area contributed by atoms with E-state index >= 15 is 0 Å². The van der Waals surface area contributed by atoms with E-state index in [0.717, 1.165) is 24.8 Å². The topological polar surface area (TPSA) is 99.1 Å². The van der Waals surface area contributed by atoms with Gasteiger partial charge in [0.2, 0.25) is 0 Å². The monoisotopic (exact) mass is 337 g/mol. The lowest BCUT2D eigenvalue weighted by Gasteiger charge is -2.08. The van der Waals surface area contributed by atoms with Crippen molar-refractivity contribution in [1.29, 1.82) is 0 Å². The molecule has 4 rings (SSSR count). The second-order valence-corrected chi connectivity index (χ2v) is 6.06. The third kappa shape index (κ3) is 3.13. The number of aromatic nitrogens is 4. The van der Waals surface area contributed by atoms with Crippen LogP contribution in [0, 0.1) is 0 Å². The van der Waals surface area contributed by atoms with Gasteiger partial charge in [0.25, 0.3) is 6.01 Å². The van der Waals surface area contributed by atoms with Gasteiger partial charge >= 0.3 is 6.01 Å². The van der Waals surface area contributed by atoms with Crippen LogP contribution in [0.3, 0.4) is 0 Å². The number of imidazole rings is 1. The lowest BCUT2D eigenvalue weighted by Crippen LogP contribution is -2.05. The molecule has 1 aliphatic rings. The van der Waals surface area contributed by atoms with Crippen LogP contribution in [-0.4, -0.2) is 31.2 Å². The molecule has 1 aromatic carbocycles. The van der Waals surface area contributed by atoms with Gasteiger partial charge in [0.05, 0.1) is 6.54 Å². The van der Waals surface area contributed by atoms with Gasteiger partial charge in [-0.15, -0.1) is 0 Å². The van der Waals surface area contributed by atoms with Crippen molar-refractivity contribution in [3.63, 3.8) is 0 Å². The number of nitrogens with zero attached hydrogens (tertiary/aromatic N) is 4. The third-order valence-electron chi connectivity index (χ3n) is 4.22. The Bertz CT molecular complexity index is 948. The minimum absolute atomic E-state index is 0.136. The summed E-state index contributed by atoms with van der Waals surface area (Å²) in [4.78, 5) is 12.6. The van der Waals surface area contributed by atoms with Gasteiger partial charge in [-0.05, 0) is 30.4 Å². The Hall–Kier alpha value is -3.09. The molecule has 7 heteroatoms. The highest BCUT2D eigenvalue weighted by Gasteiger charge is 2.17. The molecule has 7 nitrogen and oxygen atoms in total. The average Bonchev–Trinajstić information content (AvgIpc) is 2.90. The number of benzene rings is 1. The third-order valence-corrected chi connectivity index (χ3v) is 4.22. The predicted octanol–water partition coefficient (Wildman–Crippen LogP) is 2.43. The van der Waals surface area contributed by atoms with Gasteiger partial charge in [0, 0.05) is 0 Å². The number of anilines is 1. The largest absolute Gasteiger partial charge is 0.480 e. The number of hydrogen-bond donors (Lipinski definition) is 2. The number of nitrogens with two attached hydrogens (primary N) is 1. The number of aromatic hydroxyl groups is 1. The van der Waals surface area contributed by atoms with Gasteiger partial charge in [-0.2, -0.15) is 15.0 Å². The minimum atomic E-state index is -0.136. The predicted molar refractivity (Wildman–Crippen MR) is 94.5 cm³/mol. The van der Waals surface area contributed by atoms with Gasteiger partial charge in [-0.3, -0.25) is 4.57 Å². The molecule has 0 amide bonds. The van der Waals surface area contributed by atoms with E-state index in [9.17, 15) is 5.11 Å². The summed E-state index contributed by atoms with van der Waals surface area (Å²) in [5, 5.41) is 10.2. The summed E-state index contributed by atoms with van der Waals surface area (Å²) in [6.07, 6.45) is 7.11. The molecule has 0 atom stereocenters. The first-order valence-electron chi connectivity index (χ1n) is 8.29. The van der Waals surface area contributed by atoms with E-state index in [1.807, 2.05) is 18.2 Å². The molecule has 0 aliphatic carbocycles. The first-order chi connectivity index (χ1) is 12.2.